The number of carbonyl (C=O) groups is 1. The second kappa shape index (κ2) is 13.4. The summed E-state index contributed by atoms with van der Waals surface area (Å²) in [6, 6.07) is 27.2. The average Bonchev–Trinajstić information content (AvgIpc) is 3.35. The number of fused-ring (bicyclic) bond motifs is 1. The zero-order valence-corrected chi connectivity index (χ0v) is 27.0. The maximum Gasteiger partial charge on any atom is 0.338 e. The van der Waals surface area contributed by atoms with E-state index in [4.69, 9.17) is 26.1 Å². The van der Waals surface area contributed by atoms with Gasteiger partial charge in [-0.2, -0.15) is 0 Å². The largest absolute Gasteiger partial charge is 0.488 e. The lowest BCUT2D eigenvalue weighted by atomic mass is 9.93. The first-order valence-electron chi connectivity index (χ1n) is 14.0. The minimum absolute atomic E-state index is 0.138. The number of benzene rings is 4. The SMILES string of the molecule is CCOC(=O)C1=C(c2ccccc2)N=c2s/c(=C\c3ccc(OCc4cccc(Cl)c4)c(Br)c3)c(=O)n2[C@H]1c1ccc(F)cc1. The highest BCUT2D eigenvalue weighted by Gasteiger charge is 2.35. The number of hydrogen-bond acceptors (Lipinski definition) is 6. The summed E-state index contributed by atoms with van der Waals surface area (Å²) in [4.78, 5) is 32.8. The van der Waals surface area contributed by atoms with Crippen molar-refractivity contribution in [3.05, 3.63) is 160 Å². The van der Waals surface area contributed by atoms with Gasteiger partial charge in [-0.05, 0) is 82.0 Å². The van der Waals surface area contributed by atoms with Crippen molar-refractivity contribution in [2.75, 3.05) is 6.61 Å². The molecule has 0 N–H and O–H groups in total. The van der Waals surface area contributed by atoms with Gasteiger partial charge in [0.1, 0.15) is 18.2 Å². The van der Waals surface area contributed by atoms with Crippen LogP contribution in [-0.4, -0.2) is 17.1 Å². The Morgan fingerprint density at radius 3 is 2.53 bits per heavy atom. The highest BCUT2D eigenvalue weighted by molar-refractivity contribution is 9.10. The number of aromatic nitrogens is 1. The molecular formula is C35H25BrClFN2O4S. The molecule has 10 heteroatoms. The second-order valence-electron chi connectivity index (χ2n) is 10.1. The fourth-order valence-corrected chi connectivity index (χ4v) is 6.79. The standard InChI is InChI=1S/C35H25BrClFN2O4S/c1-2-43-34(42)30-31(23-8-4-3-5-9-23)39-35-40(32(30)24-12-14-26(38)15-13-24)33(41)29(45-35)19-21-11-16-28(27(36)18-21)44-20-22-7-6-10-25(37)17-22/h3-19,32H,2,20H2,1H3/b29-19-/t32-/m0/s1. The van der Waals surface area contributed by atoms with Crippen LogP contribution in [0.2, 0.25) is 5.02 Å². The number of halogens is 3. The molecule has 0 fully saturated rings. The molecule has 0 aliphatic carbocycles. The van der Waals surface area contributed by atoms with Crippen LogP contribution >= 0.6 is 38.9 Å². The first-order valence-corrected chi connectivity index (χ1v) is 16.0. The Hall–Kier alpha value is -4.31. The summed E-state index contributed by atoms with van der Waals surface area (Å²) in [5, 5.41) is 0.638. The van der Waals surface area contributed by atoms with Gasteiger partial charge in [0.05, 0.1) is 32.9 Å². The Bertz CT molecular complexity index is 2110. The fraction of sp³-hybridized carbons (Fsp3) is 0.114. The molecule has 0 unspecified atom stereocenters. The van der Waals surface area contributed by atoms with Crippen molar-refractivity contribution < 1.29 is 18.7 Å². The van der Waals surface area contributed by atoms with Crippen LogP contribution in [0.25, 0.3) is 11.8 Å². The summed E-state index contributed by atoms with van der Waals surface area (Å²) in [6.07, 6.45) is 1.77. The van der Waals surface area contributed by atoms with Crippen LogP contribution in [-0.2, 0) is 16.1 Å². The molecule has 2 heterocycles. The van der Waals surface area contributed by atoms with Gasteiger partial charge in [-0.3, -0.25) is 9.36 Å². The van der Waals surface area contributed by atoms with Gasteiger partial charge in [0.2, 0.25) is 0 Å². The summed E-state index contributed by atoms with van der Waals surface area (Å²) in [5.74, 6) is -0.390. The predicted molar refractivity (Wildman–Crippen MR) is 177 cm³/mol. The third-order valence-corrected chi connectivity index (χ3v) is 8.93. The van der Waals surface area contributed by atoms with Crippen LogP contribution in [0.4, 0.5) is 4.39 Å². The van der Waals surface area contributed by atoms with E-state index in [0.29, 0.717) is 48.0 Å². The number of nitrogens with zero attached hydrogens (tertiary/aromatic N) is 2. The van der Waals surface area contributed by atoms with Gasteiger partial charge >= 0.3 is 5.97 Å². The van der Waals surface area contributed by atoms with Gasteiger partial charge in [0, 0.05) is 10.6 Å². The highest BCUT2D eigenvalue weighted by atomic mass is 79.9. The predicted octanol–water partition coefficient (Wildman–Crippen LogP) is 7.07. The maximum absolute atomic E-state index is 14.1. The van der Waals surface area contributed by atoms with Crippen molar-refractivity contribution in [1.82, 2.24) is 4.57 Å². The molecule has 0 bridgehead atoms. The van der Waals surface area contributed by atoms with Crippen molar-refractivity contribution in [2.45, 2.75) is 19.6 Å². The summed E-state index contributed by atoms with van der Waals surface area (Å²) >= 11 is 10.9. The molecule has 4 aromatic carbocycles. The van der Waals surface area contributed by atoms with E-state index in [1.54, 1.807) is 25.1 Å². The number of rotatable bonds is 8. The molecule has 0 spiro atoms. The summed E-state index contributed by atoms with van der Waals surface area (Å²) in [6.45, 7) is 2.19. The Morgan fingerprint density at radius 2 is 1.82 bits per heavy atom. The number of hydrogen-bond donors (Lipinski definition) is 0. The van der Waals surface area contributed by atoms with Crippen molar-refractivity contribution >= 4 is 56.6 Å². The second-order valence-corrected chi connectivity index (χ2v) is 12.4. The molecule has 45 heavy (non-hydrogen) atoms. The lowest BCUT2D eigenvalue weighted by Gasteiger charge is -2.25. The van der Waals surface area contributed by atoms with Gasteiger partial charge in [-0.1, -0.05) is 83.6 Å². The van der Waals surface area contributed by atoms with E-state index < -0.39 is 17.8 Å². The third kappa shape index (κ3) is 6.56. The fourth-order valence-electron chi connectivity index (χ4n) is 5.06. The molecule has 1 atom stereocenters. The zero-order chi connectivity index (χ0) is 31.5. The van der Waals surface area contributed by atoms with E-state index in [0.717, 1.165) is 11.1 Å². The summed E-state index contributed by atoms with van der Waals surface area (Å²) in [7, 11) is 0. The topological polar surface area (TPSA) is 69.9 Å². The van der Waals surface area contributed by atoms with Crippen LogP contribution < -0.4 is 19.6 Å². The molecule has 1 aliphatic rings. The van der Waals surface area contributed by atoms with Gasteiger partial charge < -0.3 is 9.47 Å². The Morgan fingerprint density at radius 1 is 1.04 bits per heavy atom. The highest BCUT2D eigenvalue weighted by Crippen LogP contribution is 2.35. The zero-order valence-electron chi connectivity index (χ0n) is 23.9. The van der Waals surface area contributed by atoms with Crippen molar-refractivity contribution in [3.63, 3.8) is 0 Å². The van der Waals surface area contributed by atoms with E-state index in [9.17, 15) is 14.0 Å². The Kier molecular flexibility index (Phi) is 9.11. The third-order valence-electron chi connectivity index (χ3n) is 7.10. The summed E-state index contributed by atoms with van der Waals surface area (Å²) in [5.41, 5.74) is 3.22. The average molecular weight is 704 g/mol. The smallest absolute Gasteiger partial charge is 0.338 e. The molecule has 6 rings (SSSR count). The number of carbonyl (C=O) groups excluding carboxylic acids is 1. The van der Waals surface area contributed by atoms with Gasteiger partial charge in [-0.15, -0.1) is 0 Å². The van der Waals surface area contributed by atoms with E-state index in [-0.39, 0.29) is 17.7 Å². The summed E-state index contributed by atoms with van der Waals surface area (Å²) < 4.78 is 28.1. The molecule has 0 saturated heterocycles. The van der Waals surface area contributed by atoms with Gasteiger partial charge in [0.25, 0.3) is 5.56 Å². The Balaban J connectivity index is 1.45. The van der Waals surface area contributed by atoms with Crippen LogP contribution in [0.5, 0.6) is 5.75 Å². The van der Waals surface area contributed by atoms with E-state index >= 15 is 0 Å². The maximum atomic E-state index is 14.1. The van der Waals surface area contributed by atoms with Gasteiger partial charge in [0.15, 0.2) is 4.80 Å². The molecule has 0 radical (unpaired) electrons. The van der Waals surface area contributed by atoms with Crippen LogP contribution in [0.1, 0.15) is 35.2 Å². The molecule has 6 nitrogen and oxygen atoms in total. The molecule has 1 aromatic heterocycles. The molecule has 0 saturated carbocycles. The number of ether oxygens (including phenoxy) is 2. The van der Waals surface area contributed by atoms with Crippen LogP contribution in [0, 0.1) is 5.82 Å². The molecule has 0 amide bonds. The normalized spacial score (nSPS) is 14.6. The van der Waals surface area contributed by atoms with E-state index in [1.807, 2.05) is 72.8 Å². The lowest BCUT2D eigenvalue weighted by Crippen LogP contribution is -2.40. The van der Waals surface area contributed by atoms with Crippen molar-refractivity contribution in [2.24, 2.45) is 4.99 Å². The van der Waals surface area contributed by atoms with E-state index in [2.05, 4.69) is 15.9 Å². The molecular weight excluding hydrogens is 679 g/mol. The minimum Gasteiger partial charge on any atom is -0.488 e. The first-order chi connectivity index (χ1) is 21.8. The Labute approximate surface area is 275 Å². The van der Waals surface area contributed by atoms with Crippen molar-refractivity contribution in [1.29, 1.82) is 0 Å². The molecule has 226 valence electrons. The van der Waals surface area contributed by atoms with Crippen LogP contribution in [0.15, 0.2) is 117 Å². The quantitative estimate of drug-likeness (QED) is 0.162. The van der Waals surface area contributed by atoms with Crippen LogP contribution in [0.3, 0.4) is 0 Å². The minimum atomic E-state index is -0.882. The monoisotopic (exact) mass is 702 g/mol. The molecule has 1 aliphatic heterocycles. The lowest BCUT2D eigenvalue weighted by molar-refractivity contribution is -0.138. The first kappa shape index (κ1) is 30.7. The van der Waals surface area contributed by atoms with Gasteiger partial charge in [-0.25, -0.2) is 14.2 Å². The van der Waals surface area contributed by atoms with Crippen molar-refractivity contribution in [3.8, 4) is 5.75 Å². The number of esters is 1. The van der Waals surface area contributed by atoms with E-state index in [1.165, 1.54) is 28.0 Å². The number of thiazole rings is 1. The molecule has 5 aromatic rings.